The van der Waals surface area contributed by atoms with Crippen molar-refractivity contribution in [3.63, 3.8) is 0 Å². The third-order valence-corrected chi connectivity index (χ3v) is 3.14. The van der Waals surface area contributed by atoms with Gasteiger partial charge in [0.1, 0.15) is 5.82 Å². The van der Waals surface area contributed by atoms with Crippen molar-refractivity contribution in [2.45, 2.75) is 6.42 Å². The number of pyridine rings is 1. The van der Waals surface area contributed by atoms with Crippen LogP contribution in [0.2, 0.25) is 0 Å². The molecule has 0 aliphatic carbocycles. The largest absolute Gasteiger partial charge is 0.384 e. The van der Waals surface area contributed by atoms with Crippen molar-refractivity contribution in [3.05, 3.63) is 60.2 Å². The molecular weight excluding hydrogens is 253 g/mol. The standard InChI is InChI=1S/C16H20FN3/c1-20(12-9-15-4-2-3-10-18-15)13-11-19-16-7-5-14(17)6-8-16/h2-8,10,19H,9,11-13H2,1H3. The van der Waals surface area contributed by atoms with E-state index in [1.54, 1.807) is 12.1 Å². The summed E-state index contributed by atoms with van der Waals surface area (Å²) in [5.74, 6) is -0.206. The summed E-state index contributed by atoms with van der Waals surface area (Å²) in [4.78, 5) is 6.56. The molecule has 0 radical (unpaired) electrons. The second-order valence-corrected chi connectivity index (χ2v) is 4.81. The van der Waals surface area contributed by atoms with Crippen LogP contribution in [0.15, 0.2) is 48.7 Å². The maximum absolute atomic E-state index is 12.8. The summed E-state index contributed by atoms with van der Waals surface area (Å²) in [6, 6.07) is 12.4. The van der Waals surface area contributed by atoms with E-state index in [0.717, 1.165) is 37.4 Å². The molecule has 0 fully saturated rings. The summed E-state index contributed by atoms with van der Waals surface area (Å²) in [6.45, 7) is 2.75. The van der Waals surface area contributed by atoms with E-state index in [9.17, 15) is 4.39 Å². The summed E-state index contributed by atoms with van der Waals surface area (Å²) in [5.41, 5.74) is 2.07. The molecule has 0 saturated heterocycles. The normalized spacial score (nSPS) is 10.8. The first kappa shape index (κ1) is 14.5. The first-order valence-electron chi connectivity index (χ1n) is 6.82. The average Bonchev–Trinajstić information content (AvgIpc) is 2.48. The van der Waals surface area contributed by atoms with Crippen molar-refractivity contribution >= 4 is 5.69 Å². The number of hydrogen-bond donors (Lipinski definition) is 1. The van der Waals surface area contributed by atoms with Crippen molar-refractivity contribution in [2.24, 2.45) is 0 Å². The number of rotatable bonds is 7. The second-order valence-electron chi connectivity index (χ2n) is 4.81. The van der Waals surface area contributed by atoms with Gasteiger partial charge in [-0.05, 0) is 43.4 Å². The highest BCUT2D eigenvalue weighted by molar-refractivity contribution is 5.42. The molecule has 0 saturated carbocycles. The molecule has 4 heteroatoms. The average molecular weight is 273 g/mol. The molecule has 0 spiro atoms. The van der Waals surface area contributed by atoms with Crippen LogP contribution in [0.3, 0.4) is 0 Å². The van der Waals surface area contributed by atoms with Gasteiger partial charge in [-0.15, -0.1) is 0 Å². The van der Waals surface area contributed by atoms with Crippen molar-refractivity contribution < 1.29 is 4.39 Å². The first-order chi connectivity index (χ1) is 9.74. The zero-order valence-electron chi connectivity index (χ0n) is 11.7. The number of benzene rings is 1. The lowest BCUT2D eigenvalue weighted by atomic mass is 10.2. The third kappa shape index (κ3) is 4.97. The Kier molecular flexibility index (Phi) is 5.50. The SMILES string of the molecule is CN(CCNc1ccc(F)cc1)CCc1ccccn1. The molecule has 1 aromatic heterocycles. The molecule has 1 aromatic carbocycles. The number of anilines is 1. The Morgan fingerprint density at radius 3 is 2.60 bits per heavy atom. The van der Waals surface area contributed by atoms with Crippen LogP contribution in [0.4, 0.5) is 10.1 Å². The summed E-state index contributed by atoms with van der Waals surface area (Å²) >= 11 is 0. The highest BCUT2D eigenvalue weighted by Crippen LogP contribution is 2.07. The number of hydrogen-bond acceptors (Lipinski definition) is 3. The molecular formula is C16H20FN3. The Morgan fingerprint density at radius 2 is 1.90 bits per heavy atom. The Morgan fingerprint density at radius 1 is 1.10 bits per heavy atom. The van der Waals surface area contributed by atoms with Crippen LogP contribution in [0, 0.1) is 5.82 Å². The molecule has 0 atom stereocenters. The van der Waals surface area contributed by atoms with Crippen LogP contribution in [-0.2, 0) is 6.42 Å². The molecule has 20 heavy (non-hydrogen) atoms. The van der Waals surface area contributed by atoms with E-state index >= 15 is 0 Å². The zero-order chi connectivity index (χ0) is 14.2. The van der Waals surface area contributed by atoms with Gasteiger partial charge in [0, 0.05) is 43.6 Å². The topological polar surface area (TPSA) is 28.2 Å². The third-order valence-electron chi connectivity index (χ3n) is 3.14. The molecule has 3 nitrogen and oxygen atoms in total. The molecule has 0 bridgehead atoms. The second kappa shape index (κ2) is 7.60. The Hall–Kier alpha value is -1.94. The van der Waals surface area contributed by atoms with Gasteiger partial charge in [-0.25, -0.2) is 4.39 Å². The fourth-order valence-corrected chi connectivity index (χ4v) is 1.92. The van der Waals surface area contributed by atoms with E-state index in [4.69, 9.17) is 0 Å². The summed E-state index contributed by atoms with van der Waals surface area (Å²) < 4.78 is 12.8. The molecule has 1 N–H and O–H groups in total. The van der Waals surface area contributed by atoms with Gasteiger partial charge < -0.3 is 10.2 Å². The molecule has 0 unspecified atom stereocenters. The summed E-state index contributed by atoms with van der Waals surface area (Å²) in [5, 5.41) is 3.28. The predicted molar refractivity (Wildman–Crippen MR) is 80.3 cm³/mol. The maximum Gasteiger partial charge on any atom is 0.123 e. The first-order valence-corrected chi connectivity index (χ1v) is 6.82. The summed E-state index contributed by atoms with van der Waals surface area (Å²) in [6.07, 6.45) is 2.78. The summed E-state index contributed by atoms with van der Waals surface area (Å²) in [7, 11) is 2.09. The van der Waals surface area contributed by atoms with Crippen molar-refractivity contribution in [3.8, 4) is 0 Å². The lowest BCUT2D eigenvalue weighted by molar-refractivity contribution is 0.350. The van der Waals surface area contributed by atoms with Gasteiger partial charge in [0.05, 0.1) is 0 Å². The van der Waals surface area contributed by atoms with Gasteiger partial charge in [-0.1, -0.05) is 6.07 Å². The molecule has 106 valence electrons. The highest BCUT2D eigenvalue weighted by Gasteiger charge is 2.00. The van der Waals surface area contributed by atoms with Crippen LogP contribution in [0.5, 0.6) is 0 Å². The zero-order valence-corrected chi connectivity index (χ0v) is 11.7. The Bertz CT molecular complexity index is 499. The van der Waals surface area contributed by atoms with E-state index < -0.39 is 0 Å². The smallest absolute Gasteiger partial charge is 0.123 e. The monoisotopic (exact) mass is 273 g/mol. The number of likely N-dealkylation sites (N-methyl/N-ethyl adjacent to an activating group) is 1. The van der Waals surface area contributed by atoms with E-state index in [0.29, 0.717) is 0 Å². The van der Waals surface area contributed by atoms with Gasteiger partial charge in [0.15, 0.2) is 0 Å². The Balaban J connectivity index is 1.65. The van der Waals surface area contributed by atoms with E-state index in [1.165, 1.54) is 12.1 Å². The minimum Gasteiger partial charge on any atom is -0.384 e. The molecule has 0 aliphatic rings. The molecule has 0 amide bonds. The highest BCUT2D eigenvalue weighted by atomic mass is 19.1. The van der Waals surface area contributed by atoms with Gasteiger partial charge >= 0.3 is 0 Å². The van der Waals surface area contributed by atoms with Crippen molar-refractivity contribution in [1.82, 2.24) is 9.88 Å². The van der Waals surface area contributed by atoms with E-state index in [2.05, 4.69) is 22.2 Å². The van der Waals surface area contributed by atoms with Crippen molar-refractivity contribution in [1.29, 1.82) is 0 Å². The number of halogens is 1. The quantitative estimate of drug-likeness (QED) is 0.841. The van der Waals surface area contributed by atoms with Gasteiger partial charge in [-0.3, -0.25) is 4.98 Å². The predicted octanol–water partition coefficient (Wildman–Crippen LogP) is 2.81. The lowest BCUT2D eigenvalue weighted by Crippen LogP contribution is -2.27. The van der Waals surface area contributed by atoms with Crippen LogP contribution in [0.1, 0.15) is 5.69 Å². The molecule has 1 heterocycles. The van der Waals surface area contributed by atoms with Crippen LogP contribution in [-0.4, -0.2) is 36.6 Å². The van der Waals surface area contributed by atoms with Crippen molar-refractivity contribution in [2.75, 3.05) is 32.0 Å². The fraction of sp³-hybridized carbons (Fsp3) is 0.312. The van der Waals surface area contributed by atoms with Gasteiger partial charge in [-0.2, -0.15) is 0 Å². The Labute approximate surface area is 119 Å². The molecule has 0 aliphatic heterocycles. The maximum atomic E-state index is 12.8. The van der Waals surface area contributed by atoms with E-state index in [-0.39, 0.29) is 5.82 Å². The number of aromatic nitrogens is 1. The minimum absolute atomic E-state index is 0.206. The number of nitrogens with one attached hydrogen (secondary N) is 1. The number of nitrogens with zero attached hydrogens (tertiary/aromatic N) is 2. The lowest BCUT2D eigenvalue weighted by Gasteiger charge is -2.17. The van der Waals surface area contributed by atoms with E-state index in [1.807, 2.05) is 24.4 Å². The van der Waals surface area contributed by atoms with Crippen LogP contribution in [0.25, 0.3) is 0 Å². The minimum atomic E-state index is -0.206. The molecule has 2 rings (SSSR count). The fourth-order valence-electron chi connectivity index (χ4n) is 1.92. The molecule has 2 aromatic rings. The van der Waals surface area contributed by atoms with Crippen LogP contribution < -0.4 is 5.32 Å². The van der Waals surface area contributed by atoms with Crippen LogP contribution >= 0.6 is 0 Å². The van der Waals surface area contributed by atoms with Gasteiger partial charge in [0.25, 0.3) is 0 Å². The van der Waals surface area contributed by atoms with Gasteiger partial charge in [0.2, 0.25) is 0 Å².